The van der Waals surface area contributed by atoms with Crippen molar-refractivity contribution in [3.63, 3.8) is 0 Å². The minimum absolute atomic E-state index is 0.350. The number of ether oxygens (including phenoxy) is 1. The maximum atomic E-state index is 10.5. The van der Waals surface area contributed by atoms with Crippen LogP contribution in [0.1, 0.15) is 13.8 Å². The lowest BCUT2D eigenvalue weighted by molar-refractivity contribution is -0.137. The Labute approximate surface area is 125 Å². The van der Waals surface area contributed by atoms with Crippen LogP contribution in [0, 0.1) is 0 Å². The Morgan fingerprint density at radius 3 is 2.26 bits per heavy atom. The zero-order valence-electron chi connectivity index (χ0n) is 10.5. The molecule has 0 heterocycles. The predicted molar refractivity (Wildman–Crippen MR) is 77.7 cm³/mol. The number of rotatable bonds is 4. The molecule has 1 unspecified atom stereocenters. The van der Waals surface area contributed by atoms with Crippen molar-refractivity contribution < 1.29 is 19.4 Å². The van der Waals surface area contributed by atoms with Crippen molar-refractivity contribution in [3.8, 4) is 0 Å². The van der Waals surface area contributed by atoms with Crippen LogP contribution >= 0.6 is 27.5 Å². The first-order valence-corrected chi connectivity index (χ1v) is 6.61. The van der Waals surface area contributed by atoms with Gasteiger partial charge in [-0.25, -0.2) is 4.79 Å². The first kappa shape index (κ1) is 17.7. The number of carboxylic acid groups (broad SMARTS) is 1. The van der Waals surface area contributed by atoms with E-state index in [2.05, 4.69) is 26.0 Å². The van der Waals surface area contributed by atoms with Crippen LogP contribution in [0.25, 0.3) is 0 Å². The molecular weight excluding hydrogens is 337 g/mol. The van der Waals surface area contributed by atoms with Gasteiger partial charge in [0.05, 0.1) is 6.61 Å². The van der Waals surface area contributed by atoms with E-state index in [0.29, 0.717) is 6.61 Å². The summed E-state index contributed by atoms with van der Waals surface area (Å²) in [5.74, 6) is -0.858. The second-order valence-electron chi connectivity index (χ2n) is 3.38. The zero-order valence-corrected chi connectivity index (χ0v) is 12.9. The second-order valence-corrected chi connectivity index (χ2v) is 4.61. The van der Waals surface area contributed by atoms with E-state index in [1.165, 1.54) is 0 Å². The van der Waals surface area contributed by atoms with E-state index < -0.39 is 17.4 Å². The van der Waals surface area contributed by atoms with E-state index in [4.69, 9.17) is 16.7 Å². The van der Waals surface area contributed by atoms with Crippen molar-refractivity contribution in [2.24, 2.45) is 0 Å². The minimum Gasteiger partial charge on any atom is -0.480 e. The fourth-order valence-electron chi connectivity index (χ4n) is 0.971. The molecule has 1 aromatic carbocycles. The number of benzene rings is 1. The summed E-state index contributed by atoms with van der Waals surface area (Å²) in [6, 6.07) is 6.79. The van der Waals surface area contributed by atoms with Crippen LogP contribution in [0.3, 0.4) is 0 Å². The van der Waals surface area contributed by atoms with Crippen LogP contribution < -0.4 is 5.32 Å². The Hall–Kier alpha value is -1.27. The van der Waals surface area contributed by atoms with Gasteiger partial charge in [-0.3, -0.25) is 4.79 Å². The van der Waals surface area contributed by atoms with Crippen molar-refractivity contribution in [1.82, 2.24) is 0 Å². The maximum Gasteiger partial charge on any atom is 0.403 e. The SMILES string of the molecule is CC(Nc1ccc(Br)cc1)C(=O)O.CCOC(=O)Cl. The number of carbonyl (C=O) groups excluding carboxylic acids is 1. The first-order valence-electron chi connectivity index (χ1n) is 5.44. The van der Waals surface area contributed by atoms with Crippen LogP contribution in [0.15, 0.2) is 28.7 Å². The largest absolute Gasteiger partial charge is 0.480 e. The summed E-state index contributed by atoms with van der Waals surface area (Å²) in [7, 11) is 0. The summed E-state index contributed by atoms with van der Waals surface area (Å²) in [6.07, 6.45) is 0. The average Bonchev–Trinajstić information content (AvgIpc) is 2.32. The highest BCUT2D eigenvalue weighted by molar-refractivity contribution is 9.10. The fourth-order valence-corrected chi connectivity index (χ4v) is 1.34. The zero-order chi connectivity index (χ0) is 14.8. The third-order valence-corrected chi connectivity index (χ3v) is 2.49. The standard InChI is InChI=1S/C9H10BrNO2.C3H5ClO2/c1-6(9(12)13)11-8-4-2-7(10)3-5-8;1-2-6-3(4)5/h2-6,11H,1H3,(H,12,13);2H2,1H3. The topological polar surface area (TPSA) is 75.6 Å². The molecule has 0 saturated heterocycles. The van der Waals surface area contributed by atoms with Gasteiger partial charge in [0.15, 0.2) is 0 Å². The van der Waals surface area contributed by atoms with Crippen LogP contribution in [0.5, 0.6) is 0 Å². The van der Waals surface area contributed by atoms with Crippen molar-refractivity contribution >= 4 is 44.6 Å². The van der Waals surface area contributed by atoms with Gasteiger partial charge >= 0.3 is 11.4 Å². The van der Waals surface area contributed by atoms with Gasteiger partial charge in [0.2, 0.25) is 0 Å². The summed E-state index contributed by atoms with van der Waals surface area (Å²) < 4.78 is 5.14. The summed E-state index contributed by atoms with van der Waals surface area (Å²) in [6.45, 7) is 3.65. The molecule has 0 bridgehead atoms. The second kappa shape index (κ2) is 9.63. The molecule has 0 aromatic heterocycles. The highest BCUT2D eigenvalue weighted by Crippen LogP contribution is 2.14. The molecular formula is C12H15BrClNO4. The van der Waals surface area contributed by atoms with Gasteiger partial charge in [-0.1, -0.05) is 15.9 Å². The molecule has 0 aliphatic rings. The van der Waals surface area contributed by atoms with Gasteiger partial charge in [0, 0.05) is 21.8 Å². The number of anilines is 1. The Morgan fingerprint density at radius 1 is 1.42 bits per heavy atom. The normalized spacial score (nSPS) is 10.7. The Bertz CT molecular complexity index is 411. The van der Waals surface area contributed by atoms with Crippen molar-refractivity contribution in [1.29, 1.82) is 0 Å². The molecule has 7 heteroatoms. The molecule has 1 rings (SSSR count). The van der Waals surface area contributed by atoms with Gasteiger partial charge in [0.25, 0.3) is 0 Å². The first-order chi connectivity index (χ1) is 8.86. The molecule has 106 valence electrons. The van der Waals surface area contributed by atoms with Gasteiger partial charge in [-0.2, -0.15) is 0 Å². The smallest absolute Gasteiger partial charge is 0.403 e. The van der Waals surface area contributed by atoms with E-state index in [1.807, 2.05) is 24.3 Å². The molecule has 0 fully saturated rings. The number of carboxylic acids is 1. The highest BCUT2D eigenvalue weighted by atomic mass is 79.9. The molecule has 5 nitrogen and oxygen atoms in total. The van der Waals surface area contributed by atoms with E-state index in [9.17, 15) is 9.59 Å². The van der Waals surface area contributed by atoms with Crippen LogP contribution in [-0.2, 0) is 9.53 Å². The predicted octanol–water partition coefficient (Wildman–Crippen LogP) is 3.72. The van der Waals surface area contributed by atoms with Gasteiger partial charge in [-0.15, -0.1) is 0 Å². The number of hydrogen-bond acceptors (Lipinski definition) is 4. The Kier molecular flexibility index (Phi) is 8.99. The molecule has 0 radical (unpaired) electrons. The Morgan fingerprint density at radius 2 is 1.95 bits per heavy atom. The minimum atomic E-state index is -0.858. The molecule has 19 heavy (non-hydrogen) atoms. The number of nitrogens with one attached hydrogen (secondary N) is 1. The van der Waals surface area contributed by atoms with E-state index in [-0.39, 0.29) is 0 Å². The molecule has 0 saturated carbocycles. The van der Waals surface area contributed by atoms with Crippen molar-refractivity contribution in [2.75, 3.05) is 11.9 Å². The molecule has 0 aliphatic heterocycles. The van der Waals surface area contributed by atoms with E-state index >= 15 is 0 Å². The van der Waals surface area contributed by atoms with Crippen LogP contribution in [0.2, 0.25) is 0 Å². The van der Waals surface area contributed by atoms with Crippen LogP contribution in [-0.4, -0.2) is 29.2 Å². The van der Waals surface area contributed by atoms with Crippen LogP contribution in [0.4, 0.5) is 10.5 Å². The van der Waals surface area contributed by atoms with Gasteiger partial charge in [-0.05, 0) is 38.1 Å². The van der Waals surface area contributed by atoms with Crippen molar-refractivity contribution in [2.45, 2.75) is 19.9 Å². The lowest BCUT2D eigenvalue weighted by Crippen LogP contribution is -2.25. The van der Waals surface area contributed by atoms with E-state index in [1.54, 1.807) is 13.8 Å². The average molecular weight is 353 g/mol. The number of aliphatic carboxylic acids is 1. The van der Waals surface area contributed by atoms with Crippen molar-refractivity contribution in [3.05, 3.63) is 28.7 Å². The number of halogens is 2. The monoisotopic (exact) mass is 351 g/mol. The molecule has 1 atom stereocenters. The number of hydrogen-bond donors (Lipinski definition) is 2. The lowest BCUT2D eigenvalue weighted by Gasteiger charge is -2.10. The Balaban J connectivity index is 0.000000459. The quantitative estimate of drug-likeness (QED) is 0.808. The lowest BCUT2D eigenvalue weighted by atomic mass is 10.3. The third-order valence-electron chi connectivity index (χ3n) is 1.86. The summed E-state index contributed by atoms with van der Waals surface area (Å²) in [5.41, 5.74) is 0.0654. The summed E-state index contributed by atoms with van der Waals surface area (Å²) in [4.78, 5) is 20.1. The summed E-state index contributed by atoms with van der Waals surface area (Å²) >= 11 is 8.01. The third kappa shape index (κ3) is 9.32. The molecule has 0 amide bonds. The molecule has 1 aromatic rings. The number of carbonyl (C=O) groups is 2. The molecule has 0 spiro atoms. The van der Waals surface area contributed by atoms with E-state index in [0.717, 1.165) is 10.2 Å². The van der Waals surface area contributed by atoms with Gasteiger partial charge in [0.1, 0.15) is 6.04 Å². The fraction of sp³-hybridized carbons (Fsp3) is 0.333. The van der Waals surface area contributed by atoms with Gasteiger partial charge < -0.3 is 15.2 Å². The summed E-state index contributed by atoms with van der Waals surface area (Å²) in [5, 5.41) is 11.5. The maximum absolute atomic E-state index is 10.5. The molecule has 0 aliphatic carbocycles. The molecule has 2 N–H and O–H groups in total. The highest BCUT2D eigenvalue weighted by Gasteiger charge is 2.09.